The van der Waals surface area contributed by atoms with Crippen LogP contribution in [0.5, 0.6) is 23.0 Å². The minimum atomic E-state index is -2.00. The fourth-order valence-corrected chi connectivity index (χ4v) is 4.87. The summed E-state index contributed by atoms with van der Waals surface area (Å²) in [5.74, 6) is -5.18. The van der Waals surface area contributed by atoms with E-state index in [0.29, 0.717) is 11.1 Å². The number of hydrogen-bond donors (Lipinski definition) is 1. The molecule has 15 nitrogen and oxygen atoms in total. The normalized spacial score (nSPS) is 18.5. The Balaban J connectivity index is 1.73. The number of aryl methyl sites for hydroxylation is 1. The molecule has 0 radical (unpaired) electrons. The highest BCUT2D eigenvalue weighted by atomic mass is 16.6. The molecule has 2 aromatic carbocycles. The van der Waals surface area contributed by atoms with Crippen molar-refractivity contribution in [2.45, 2.75) is 77.6 Å². The van der Waals surface area contributed by atoms with E-state index in [1.165, 1.54) is 57.2 Å². The Labute approximate surface area is 281 Å². The number of methoxy groups -OCH3 is 1. The van der Waals surface area contributed by atoms with Gasteiger partial charge in [-0.25, -0.2) is 9.59 Å². The van der Waals surface area contributed by atoms with Gasteiger partial charge in [-0.2, -0.15) is 0 Å². The maximum absolute atomic E-state index is 13.0. The molecule has 262 valence electrons. The Morgan fingerprint density at radius 2 is 1.31 bits per heavy atom. The Bertz CT molecular complexity index is 1640. The highest BCUT2D eigenvalue weighted by Gasteiger charge is 2.48. The van der Waals surface area contributed by atoms with Gasteiger partial charge in [0.1, 0.15) is 12.2 Å². The van der Waals surface area contributed by atoms with Crippen molar-refractivity contribution >= 4 is 47.9 Å². The van der Waals surface area contributed by atoms with Crippen LogP contribution in [-0.2, 0) is 54.2 Å². The monoisotopic (exact) mass is 684 g/mol. The first kappa shape index (κ1) is 37.9. The van der Waals surface area contributed by atoms with Gasteiger partial charge in [0, 0.05) is 46.6 Å². The summed E-state index contributed by atoms with van der Waals surface area (Å²) < 4.78 is 36.1. The molecule has 0 aliphatic heterocycles. The van der Waals surface area contributed by atoms with Crippen molar-refractivity contribution in [2.24, 2.45) is 0 Å². The van der Waals surface area contributed by atoms with E-state index in [2.05, 4.69) is 0 Å². The van der Waals surface area contributed by atoms with Crippen LogP contribution < -0.4 is 18.9 Å². The lowest BCUT2D eigenvalue weighted by Gasteiger charge is -2.38. The second-order valence-electron chi connectivity index (χ2n) is 11.0. The zero-order valence-electron chi connectivity index (χ0n) is 27.5. The van der Waals surface area contributed by atoms with Crippen LogP contribution in [0.15, 0.2) is 42.5 Å². The van der Waals surface area contributed by atoms with E-state index in [0.717, 1.165) is 20.1 Å². The van der Waals surface area contributed by atoms with Crippen molar-refractivity contribution in [3.63, 3.8) is 0 Å². The average Bonchev–Trinajstić information content (AvgIpc) is 3.01. The van der Waals surface area contributed by atoms with Gasteiger partial charge >= 0.3 is 41.8 Å². The van der Waals surface area contributed by atoms with Crippen molar-refractivity contribution in [1.82, 2.24) is 0 Å². The summed E-state index contributed by atoms with van der Waals surface area (Å²) in [6.07, 6.45) is -0.584. The molecule has 3 atom stereocenters. The van der Waals surface area contributed by atoms with Crippen molar-refractivity contribution in [1.29, 1.82) is 0 Å². The maximum atomic E-state index is 13.0. The molecule has 1 fully saturated rings. The van der Waals surface area contributed by atoms with E-state index in [1.54, 1.807) is 6.07 Å². The van der Waals surface area contributed by atoms with Crippen LogP contribution in [-0.4, -0.2) is 71.8 Å². The smallest absolute Gasteiger partial charge is 0.337 e. The lowest BCUT2D eigenvalue weighted by atomic mass is 9.81. The Morgan fingerprint density at radius 3 is 1.88 bits per heavy atom. The van der Waals surface area contributed by atoms with Crippen molar-refractivity contribution in [2.75, 3.05) is 7.11 Å². The third kappa shape index (κ3) is 11.6. The third-order valence-electron chi connectivity index (χ3n) is 6.93. The molecule has 1 aliphatic carbocycles. The topological polar surface area (TPSA) is 204 Å². The second kappa shape index (κ2) is 17.0. The van der Waals surface area contributed by atoms with Gasteiger partial charge in [-0.15, -0.1) is 0 Å². The summed E-state index contributed by atoms with van der Waals surface area (Å²) in [7, 11) is 1.10. The van der Waals surface area contributed by atoms with E-state index in [9.17, 15) is 38.7 Å². The van der Waals surface area contributed by atoms with Crippen LogP contribution in [0.25, 0.3) is 6.08 Å². The Morgan fingerprint density at radius 1 is 0.755 bits per heavy atom. The summed E-state index contributed by atoms with van der Waals surface area (Å²) in [4.78, 5) is 83.9. The Hall–Kier alpha value is -5.57. The molecule has 0 spiro atoms. The highest BCUT2D eigenvalue weighted by Crippen LogP contribution is 2.34. The first-order valence-electron chi connectivity index (χ1n) is 15.0. The zero-order valence-corrected chi connectivity index (χ0v) is 27.5. The molecule has 2 aromatic rings. The molecule has 49 heavy (non-hydrogen) atoms. The zero-order chi connectivity index (χ0) is 36.3. The molecule has 0 saturated heterocycles. The number of esters is 7. The van der Waals surface area contributed by atoms with Crippen LogP contribution in [0.1, 0.15) is 64.5 Å². The van der Waals surface area contributed by atoms with Gasteiger partial charge in [0.15, 0.2) is 28.6 Å². The van der Waals surface area contributed by atoms with Crippen LogP contribution >= 0.6 is 0 Å². The lowest BCUT2D eigenvalue weighted by Crippen LogP contribution is -2.52. The van der Waals surface area contributed by atoms with E-state index in [1.807, 2.05) is 0 Å². The highest BCUT2D eigenvalue weighted by molar-refractivity contribution is 5.87. The Kier molecular flexibility index (Phi) is 13.2. The maximum Gasteiger partial charge on any atom is 0.337 e. The molecule has 0 heterocycles. The molecule has 1 aliphatic rings. The summed E-state index contributed by atoms with van der Waals surface area (Å²) in [5.41, 5.74) is -1.08. The quantitative estimate of drug-likeness (QED) is 0.148. The number of rotatable bonds is 12. The second-order valence-corrected chi connectivity index (χ2v) is 11.0. The number of hydrogen-bond acceptors (Lipinski definition) is 15. The fraction of sp³-hybridized carbons (Fsp3) is 0.382. The summed E-state index contributed by atoms with van der Waals surface area (Å²) in [6, 6.07) is 8.64. The standard InChI is InChI=1S/C34H36O15/c1-19(35)44-25-10-6-23(16-28(25)46-21(3)37)8-12-31(39)48-27-14-15-34(42,33(41)43-5)18-30(27)49-32(40)13-9-24-7-11-26(45-20(2)36)29(17-24)47-22(4)38/h6-8,10-12,16-17,27,30,42H,9,13-15,18H2,1-5H3/b12-8+/t27-,30-,34+/m1/s1. The molecule has 0 aromatic heterocycles. The number of benzene rings is 2. The average molecular weight is 685 g/mol. The van der Waals surface area contributed by atoms with Crippen LogP contribution in [0.2, 0.25) is 0 Å². The van der Waals surface area contributed by atoms with Gasteiger partial charge in [-0.3, -0.25) is 24.0 Å². The van der Waals surface area contributed by atoms with Crippen LogP contribution in [0.4, 0.5) is 0 Å². The predicted octanol–water partition coefficient (Wildman–Crippen LogP) is 2.95. The number of carbonyl (C=O) groups is 7. The van der Waals surface area contributed by atoms with E-state index in [-0.39, 0.29) is 48.7 Å². The third-order valence-corrected chi connectivity index (χ3v) is 6.93. The minimum Gasteiger partial charge on any atom is -0.467 e. The van der Waals surface area contributed by atoms with E-state index in [4.69, 9.17) is 33.2 Å². The van der Waals surface area contributed by atoms with Gasteiger partial charge < -0.3 is 38.3 Å². The fourth-order valence-electron chi connectivity index (χ4n) is 4.87. The molecule has 3 rings (SSSR count). The van der Waals surface area contributed by atoms with Crippen molar-refractivity contribution < 1.29 is 71.8 Å². The molecular formula is C34H36O15. The molecule has 15 heteroatoms. The summed E-state index contributed by atoms with van der Waals surface area (Å²) in [5, 5.41) is 10.9. The van der Waals surface area contributed by atoms with Crippen LogP contribution in [0.3, 0.4) is 0 Å². The molecular weight excluding hydrogens is 648 g/mol. The van der Waals surface area contributed by atoms with Gasteiger partial charge in [-0.1, -0.05) is 12.1 Å². The van der Waals surface area contributed by atoms with Crippen molar-refractivity contribution in [3.05, 3.63) is 53.6 Å². The first-order chi connectivity index (χ1) is 23.1. The molecule has 1 N–H and O–H groups in total. The van der Waals surface area contributed by atoms with Gasteiger partial charge in [0.05, 0.1) is 7.11 Å². The van der Waals surface area contributed by atoms with Gasteiger partial charge in [-0.05, 0) is 60.7 Å². The predicted molar refractivity (Wildman–Crippen MR) is 166 cm³/mol. The van der Waals surface area contributed by atoms with Crippen molar-refractivity contribution in [3.8, 4) is 23.0 Å². The van der Waals surface area contributed by atoms with Gasteiger partial charge in [0.25, 0.3) is 0 Å². The SMILES string of the molecule is COC(=O)[C@]1(O)CC[C@@H](OC(=O)/C=C/c2ccc(OC(C)=O)c(OC(C)=O)c2)[C@H](OC(=O)CCc2ccc(OC(C)=O)c(OC(C)=O)c2)C1. The number of aliphatic hydroxyl groups is 1. The molecule has 0 bridgehead atoms. The minimum absolute atomic E-state index is 0.00349. The van der Waals surface area contributed by atoms with E-state index < -0.39 is 66.0 Å². The number of carbonyl (C=O) groups excluding carboxylic acids is 7. The van der Waals surface area contributed by atoms with E-state index >= 15 is 0 Å². The summed E-state index contributed by atoms with van der Waals surface area (Å²) in [6.45, 7) is 4.70. The van der Waals surface area contributed by atoms with Gasteiger partial charge in [0.2, 0.25) is 0 Å². The lowest BCUT2D eigenvalue weighted by molar-refractivity contribution is -0.190. The van der Waals surface area contributed by atoms with Crippen LogP contribution in [0, 0.1) is 0 Å². The summed E-state index contributed by atoms with van der Waals surface area (Å²) >= 11 is 0. The number of ether oxygens (including phenoxy) is 7. The molecule has 1 saturated carbocycles. The largest absolute Gasteiger partial charge is 0.467 e. The molecule has 0 amide bonds. The molecule has 0 unspecified atom stereocenters. The first-order valence-corrected chi connectivity index (χ1v) is 15.0.